The molecule has 0 amide bonds. The number of nitrogen functional groups attached to an aromatic ring is 2. The number of nitrogens with two attached hydrogens (primary N) is 2. The maximum atomic E-state index is 5.58. The first-order valence-corrected chi connectivity index (χ1v) is 4.14. The average Bonchev–Trinajstić information content (AvgIpc) is 2.29. The van der Waals surface area contributed by atoms with Crippen LogP contribution in [0.4, 0.5) is 11.8 Å². The SMILES string of the molecule is Cc1nc2c(N)nc(N)nc2s1. The highest BCUT2D eigenvalue weighted by Gasteiger charge is 2.07. The summed E-state index contributed by atoms with van der Waals surface area (Å²) >= 11 is 1.46. The molecule has 0 radical (unpaired) electrons. The lowest BCUT2D eigenvalue weighted by Gasteiger charge is -1.93. The standard InChI is InChI=1S/C6H7N5S/c1-2-9-3-4(7)10-6(8)11-5(3)12-2/h1H3,(H4,7,8,10,11). The number of hydrogen-bond donors (Lipinski definition) is 2. The van der Waals surface area contributed by atoms with Crippen molar-refractivity contribution in [1.82, 2.24) is 15.0 Å². The van der Waals surface area contributed by atoms with E-state index in [1.807, 2.05) is 6.92 Å². The Kier molecular flexibility index (Phi) is 1.37. The van der Waals surface area contributed by atoms with Gasteiger partial charge in [0.1, 0.15) is 5.52 Å². The van der Waals surface area contributed by atoms with Gasteiger partial charge in [-0.15, -0.1) is 0 Å². The van der Waals surface area contributed by atoms with Gasteiger partial charge in [0.25, 0.3) is 0 Å². The summed E-state index contributed by atoms with van der Waals surface area (Å²) in [6.07, 6.45) is 0. The molecule has 0 saturated heterocycles. The first-order chi connectivity index (χ1) is 5.66. The molecule has 0 bridgehead atoms. The van der Waals surface area contributed by atoms with Crippen molar-refractivity contribution in [2.45, 2.75) is 6.92 Å². The summed E-state index contributed by atoms with van der Waals surface area (Å²) in [5.41, 5.74) is 11.6. The van der Waals surface area contributed by atoms with Crippen LogP contribution in [0.25, 0.3) is 10.3 Å². The minimum absolute atomic E-state index is 0.198. The molecule has 2 heterocycles. The van der Waals surface area contributed by atoms with Gasteiger partial charge >= 0.3 is 0 Å². The number of anilines is 2. The molecule has 0 saturated carbocycles. The van der Waals surface area contributed by atoms with Crippen LogP contribution >= 0.6 is 11.3 Å². The highest BCUT2D eigenvalue weighted by atomic mass is 32.1. The van der Waals surface area contributed by atoms with Gasteiger partial charge in [0.15, 0.2) is 10.6 Å². The maximum Gasteiger partial charge on any atom is 0.223 e. The summed E-state index contributed by atoms with van der Waals surface area (Å²) in [4.78, 5) is 12.7. The smallest absolute Gasteiger partial charge is 0.223 e. The van der Waals surface area contributed by atoms with Gasteiger partial charge in [-0.1, -0.05) is 11.3 Å². The molecule has 0 atom stereocenters. The van der Waals surface area contributed by atoms with E-state index in [1.54, 1.807) is 0 Å². The second-order valence-corrected chi connectivity index (χ2v) is 3.54. The van der Waals surface area contributed by atoms with Gasteiger partial charge in [-0.25, -0.2) is 9.97 Å². The van der Waals surface area contributed by atoms with Crippen LogP contribution < -0.4 is 11.5 Å². The maximum absolute atomic E-state index is 5.58. The molecule has 0 aliphatic heterocycles. The second kappa shape index (κ2) is 2.28. The highest BCUT2D eigenvalue weighted by Crippen LogP contribution is 2.23. The van der Waals surface area contributed by atoms with Gasteiger partial charge in [-0.2, -0.15) is 4.98 Å². The molecule has 6 heteroatoms. The zero-order valence-corrected chi connectivity index (χ0v) is 7.22. The Labute approximate surface area is 72.5 Å². The monoisotopic (exact) mass is 181 g/mol. The third-order valence-corrected chi connectivity index (χ3v) is 2.27. The highest BCUT2D eigenvalue weighted by molar-refractivity contribution is 7.18. The van der Waals surface area contributed by atoms with E-state index in [-0.39, 0.29) is 5.95 Å². The molecule has 0 aromatic carbocycles. The third kappa shape index (κ3) is 0.964. The van der Waals surface area contributed by atoms with Crippen molar-refractivity contribution in [3.63, 3.8) is 0 Å². The lowest BCUT2D eigenvalue weighted by molar-refractivity contribution is 1.23. The van der Waals surface area contributed by atoms with E-state index in [2.05, 4.69) is 15.0 Å². The van der Waals surface area contributed by atoms with Gasteiger partial charge in [0.2, 0.25) is 5.95 Å². The molecule has 0 aliphatic carbocycles. The van der Waals surface area contributed by atoms with Gasteiger partial charge in [-0.3, -0.25) is 0 Å². The average molecular weight is 181 g/mol. The van der Waals surface area contributed by atoms with Gasteiger partial charge in [0, 0.05) is 0 Å². The molecule has 5 nitrogen and oxygen atoms in total. The first-order valence-electron chi connectivity index (χ1n) is 3.33. The van der Waals surface area contributed by atoms with E-state index in [4.69, 9.17) is 11.5 Å². The van der Waals surface area contributed by atoms with Crippen LogP contribution in [0.1, 0.15) is 5.01 Å². The predicted molar refractivity (Wildman–Crippen MR) is 48.8 cm³/mol. The number of thiazole rings is 1. The van der Waals surface area contributed by atoms with Crippen molar-refractivity contribution < 1.29 is 0 Å². The minimum Gasteiger partial charge on any atom is -0.382 e. The molecule has 0 fully saturated rings. The van der Waals surface area contributed by atoms with E-state index in [1.165, 1.54) is 11.3 Å². The van der Waals surface area contributed by atoms with Crippen molar-refractivity contribution in [3.05, 3.63) is 5.01 Å². The van der Waals surface area contributed by atoms with Crippen LogP contribution in [0, 0.1) is 6.92 Å². The number of nitrogens with zero attached hydrogens (tertiary/aromatic N) is 3. The molecular weight excluding hydrogens is 174 g/mol. The summed E-state index contributed by atoms with van der Waals surface area (Å²) in [6.45, 7) is 1.89. The zero-order valence-electron chi connectivity index (χ0n) is 6.40. The van der Waals surface area contributed by atoms with E-state index in [9.17, 15) is 0 Å². The Hall–Kier alpha value is -1.43. The molecule has 12 heavy (non-hydrogen) atoms. The van der Waals surface area contributed by atoms with Gasteiger partial charge in [-0.05, 0) is 6.92 Å². The fraction of sp³-hybridized carbons (Fsp3) is 0.167. The van der Waals surface area contributed by atoms with Crippen LogP contribution in [0.3, 0.4) is 0 Å². The van der Waals surface area contributed by atoms with E-state index >= 15 is 0 Å². The summed E-state index contributed by atoms with van der Waals surface area (Å²) in [5, 5.41) is 0.914. The molecule has 4 N–H and O–H groups in total. The number of fused-ring (bicyclic) bond motifs is 1. The number of rotatable bonds is 0. The molecule has 2 aromatic heterocycles. The normalized spacial score (nSPS) is 10.8. The zero-order chi connectivity index (χ0) is 8.72. The van der Waals surface area contributed by atoms with Crippen LogP contribution in [0.5, 0.6) is 0 Å². The second-order valence-electron chi connectivity index (χ2n) is 2.35. The van der Waals surface area contributed by atoms with Gasteiger partial charge < -0.3 is 11.5 Å². The van der Waals surface area contributed by atoms with Crippen molar-refractivity contribution in [2.24, 2.45) is 0 Å². The number of aryl methyl sites for hydroxylation is 1. The summed E-state index contributed by atoms with van der Waals surface area (Å²) in [6, 6.07) is 0. The van der Waals surface area contributed by atoms with Crippen molar-refractivity contribution in [2.75, 3.05) is 11.5 Å². The Morgan fingerprint density at radius 1 is 1.17 bits per heavy atom. The van der Waals surface area contributed by atoms with Crippen LogP contribution in [-0.2, 0) is 0 Å². The Morgan fingerprint density at radius 3 is 2.67 bits per heavy atom. The largest absolute Gasteiger partial charge is 0.382 e. The summed E-state index contributed by atoms with van der Waals surface area (Å²) in [5.74, 6) is 0.547. The lowest BCUT2D eigenvalue weighted by atomic mass is 10.5. The minimum atomic E-state index is 0.198. The Bertz CT molecular complexity index is 435. The van der Waals surface area contributed by atoms with Crippen LogP contribution in [-0.4, -0.2) is 15.0 Å². The topological polar surface area (TPSA) is 90.7 Å². The molecule has 0 spiro atoms. The van der Waals surface area contributed by atoms with Gasteiger partial charge in [0.05, 0.1) is 5.01 Å². The van der Waals surface area contributed by atoms with Crippen LogP contribution in [0.2, 0.25) is 0 Å². The predicted octanol–water partition coefficient (Wildman–Crippen LogP) is 0.559. The fourth-order valence-corrected chi connectivity index (χ4v) is 1.77. The van der Waals surface area contributed by atoms with E-state index in [0.717, 1.165) is 9.84 Å². The molecule has 2 rings (SSSR count). The lowest BCUT2D eigenvalue weighted by Crippen LogP contribution is -1.99. The first kappa shape index (κ1) is 7.23. The van der Waals surface area contributed by atoms with Crippen molar-refractivity contribution >= 4 is 33.5 Å². The van der Waals surface area contributed by atoms with Crippen molar-refractivity contribution in [3.8, 4) is 0 Å². The molecule has 0 unspecified atom stereocenters. The van der Waals surface area contributed by atoms with E-state index < -0.39 is 0 Å². The van der Waals surface area contributed by atoms with E-state index in [0.29, 0.717) is 11.3 Å². The molecule has 62 valence electrons. The Morgan fingerprint density at radius 2 is 1.92 bits per heavy atom. The summed E-state index contributed by atoms with van der Waals surface area (Å²) < 4.78 is 0. The summed E-state index contributed by atoms with van der Waals surface area (Å²) in [7, 11) is 0. The number of aromatic nitrogens is 3. The number of hydrogen-bond acceptors (Lipinski definition) is 6. The third-order valence-electron chi connectivity index (χ3n) is 1.41. The Balaban J connectivity index is 2.88. The van der Waals surface area contributed by atoms with Crippen molar-refractivity contribution in [1.29, 1.82) is 0 Å². The molecule has 0 aliphatic rings. The fourth-order valence-electron chi connectivity index (χ4n) is 0.964. The molecular formula is C6H7N5S. The van der Waals surface area contributed by atoms with Crippen LogP contribution in [0.15, 0.2) is 0 Å². The quantitative estimate of drug-likeness (QED) is 0.619. The molecule has 2 aromatic rings.